The summed E-state index contributed by atoms with van der Waals surface area (Å²) in [5.74, 6) is 3.49. The van der Waals surface area contributed by atoms with Crippen LogP contribution in [-0.2, 0) is 10.0 Å². The molecule has 0 atom stereocenters. The third-order valence-electron chi connectivity index (χ3n) is 5.22. The van der Waals surface area contributed by atoms with Crippen LogP contribution < -0.4 is 15.0 Å². The average Bonchev–Trinajstić information content (AvgIpc) is 2.77. The van der Waals surface area contributed by atoms with Gasteiger partial charge >= 0.3 is 0 Å². The SMILES string of the molecule is CN=C(NCCS(=O)(=O)N1CCSCC1)N1CCN(c2ccccc2OC)CC1.I. The van der Waals surface area contributed by atoms with Gasteiger partial charge in [-0.25, -0.2) is 12.7 Å². The Hall–Kier alpha value is -0.920. The molecule has 0 spiro atoms. The Balaban J connectivity index is 0.00000320. The number of nitrogens with one attached hydrogen (secondary N) is 1. The highest BCUT2D eigenvalue weighted by Gasteiger charge is 2.25. The van der Waals surface area contributed by atoms with Crippen LogP contribution in [-0.4, -0.2) is 101 Å². The van der Waals surface area contributed by atoms with E-state index in [1.807, 2.05) is 30.0 Å². The summed E-state index contributed by atoms with van der Waals surface area (Å²) in [6.45, 7) is 4.93. The lowest BCUT2D eigenvalue weighted by molar-refractivity contribution is 0.367. The Morgan fingerprint density at radius 1 is 1.13 bits per heavy atom. The molecule has 3 rings (SSSR count). The van der Waals surface area contributed by atoms with Gasteiger partial charge in [0.15, 0.2) is 5.96 Å². The van der Waals surface area contributed by atoms with Crippen molar-refractivity contribution in [2.75, 3.05) is 82.1 Å². The molecule has 2 heterocycles. The zero-order valence-electron chi connectivity index (χ0n) is 17.6. The lowest BCUT2D eigenvalue weighted by Gasteiger charge is -2.38. The molecule has 0 bridgehead atoms. The van der Waals surface area contributed by atoms with Crippen molar-refractivity contribution >= 4 is 57.4 Å². The molecule has 30 heavy (non-hydrogen) atoms. The summed E-state index contributed by atoms with van der Waals surface area (Å²) < 4.78 is 32.1. The van der Waals surface area contributed by atoms with Gasteiger partial charge in [0.2, 0.25) is 10.0 Å². The van der Waals surface area contributed by atoms with Crippen LogP contribution in [0.4, 0.5) is 5.69 Å². The number of sulfonamides is 1. The van der Waals surface area contributed by atoms with Gasteiger partial charge in [0.1, 0.15) is 5.75 Å². The lowest BCUT2D eigenvalue weighted by Crippen LogP contribution is -2.53. The Morgan fingerprint density at radius 2 is 1.80 bits per heavy atom. The number of halogens is 1. The third-order valence-corrected chi connectivity index (χ3v) is 8.04. The molecule has 8 nitrogen and oxygen atoms in total. The zero-order valence-corrected chi connectivity index (χ0v) is 21.6. The summed E-state index contributed by atoms with van der Waals surface area (Å²) >= 11 is 1.81. The molecule has 0 aromatic heterocycles. The van der Waals surface area contributed by atoms with Crippen LogP contribution in [0, 0.1) is 0 Å². The highest BCUT2D eigenvalue weighted by molar-refractivity contribution is 14.0. The summed E-state index contributed by atoms with van der Waals surface area (Å²) in [5.41, 5.74) is 1.10. The van der Waals surface area contributed by atoms with Crippen molar-refractivity contribution in [3.05, 3.63) is 24.3 Å². The molecule has 1 aromatic rings. The number of hydrogen-bond donors (Lipinski definition) is 1. The first-order valence-corrected chi connectivity index (χ1v) is 12.7. The fourth-order valence-electron chi connectivity index (χ4n) is 3.63. The monoisotopic (exact) mass is 569 g/mol. The molecule has 2 aliphatic rings. The Kier molecular flexibility index (Phi) is 10.3. The number of para-hydroxylation sites is 2. The summed E-state index contributed by atoms with van der Waals surface area (Å²) in [5, 5.41) is 3.23. The van der Waals surface area contributed by atoms with Crippen LogP contribution in [0.25, 0.3) is 0 Å². The third kappa shape index (κ3) is 6.54. The van der Waals surface area contributed by atoms with E-state index >= 15 is 0 Å². The van der Waals surface area contributed by atoms with E-state index in [4.69, 9.17) is 4.74 Å². The first kappa shape index (κ1) is 25.3. The summed E-state index contributed by atoms with van der Waals surface area (Å²) in [4.78, 5) is 8.84. The van der Waals surface area contributed by atoms with Crippen molar-refractivity contribution < 1.29 is 13.2 Å². The molecule has 2 saturated heterocycles. The molecule has 0 saturated carbocycles. The normalized spacial score (nSPS) is 18.7. The molecule has 0 amide bonds. The summed E-state index contributed by atoms with van der Waals surface area (Å²) in [6.07, 6.45) is 0. The fourth-order valence-corrected chi connectivity index (χ4v) is 6.12. The van der Waals surface area contributed by atoms with E-state index in [1.54, 1.807) is 18.5 Å². The second-order valence-electron chi connectivity index (χ2n) is 6.95. The van der Waals surface area contributed by atoms with Crippen LogP contribution in [0.2, 0.25) is 0 Å². The van der Waals surface area contributed by atoms with Crippen LogP contribution in [0.5, 0.6) is 5.75 Å². The quantitative estimate of drug-likeness (QED) is 0.315. The van der Waals surface area contributed by atoms with E-state index in [2.05, 4.69) is 26.2 Å². The predicted octanol–water partition coefficient (Wildman–Crippen LogP) is 1.39. The van der Waals surface area contributed by atoms with E-state index in [-0.39, 0.29) is 29.7 Å². The van der Waals surface area contributed by atoms with E-state index in [9.17, 15) is 8.42 Å². The van der Waals surface area contributed by atoms with Gasteiger partial charge in [-0.15, -0.1) is 24.0 Å². The standard InChI is InChI=1S/C19H31N5O3S2.HI/c1-20-19(21-7-16-29(25,26)24-12-14-28-15-13-24)23-10-8-22(9-11-23)17-5-3-4-6-18(17)27-2;/h3-6H,7-16H2,1-2H3,(H,20,21);1H. The second-order valence-corrected chi connectivity index (χ2v) is 10.3. The first-order chi connectivity index (χ1) is 14.0. The van der Waals surface area contributed by atoms with Crippen molar-refractivity contribution in [2.24, 2.45) is 4.99 Å². The van der Waals surface area contributed by atoms with Crippen LogP contribution in [0.1, 0.15) is 0 Å². The maximum atomic E-state index is 12.5. The van der Waals surface area contributed by atoms with E-state index in [0.717, 1.165) is 55.1 Å². The van der Waals surface area contributed by atoms with Gasteiger partial charge < -0.3 is 19.9 Å². The number of rotatable bonds is 6. The number of hydrogen-bond acceptors (Lipinski definition) is 6. The Labute approximate surface area is 201 Å². The minimum absolute atomic E-state index is 0. The van der Waals surface area contributed by atoms with Gasteiger partial charge in [0.25, 0.3) is 0 Å². The van der Waals surface area contributed by atoms with Gasteiger partial charge in [0.05, 0.1) is 18.6 Å². The molecule has 0 aliphatic carbocycles. The second kappa shape index (κ2) is 12.2. The molecule has 2 aliphatic heterocycles. The zero-order chi connectivity index (χ0) is 20.7. The summed E-state index contributed by atoms with van der Waals surface area (Å²) in [6, 6.07) is 8.04. The number of piperazine rings is 1. The van der Waals surface area contributed by atoms with Gasteiger partial charge in [0, 0.05) is 64.4 Å². The highest BCUT2D eigenvalue weighted by Crippen LogP contribution is 2.28. The fraction of sp³-hybridized carbons (Fsp3) is 0.632. The van der Waals surface area contributed by atoms with Gasteiger partial charge in [-0.3, -0.25) is 4.99 Å². The van der Waals surface area contributed by atoms with Gasteiger partial charge in [-0.05, 0) is 12.1 Å². The van der Waals surface area contributed by atoms with Crippen LogP contribution in [0.15, 0.2) is 29.3 Å². The Bertz CT molecular complexity index is 795. The molecule has 1 aromatic carbocycles. The number of thioether (sulfide) groups is 1. The molecular formula is C19H32IN5O3S2. The number of anilines is 1. The van der Waals surface area contributed by atoms with Gasteiger partial charge in [-0.2, -0.15) is 11.8 Å². The van der Waals surface area contributed by atoms with E-state index in [0.29, 0.717) is 19.6 Å². The van der Waals surface area contributed by atoms with Crippen molar-refractivity contribution in [1.29, 1.82) is 0 Å². The van der Waals surface area contributed by atoms with Crippen molar-refractivity contribution in [3.63, 3.8) is 0 Å². The topological polar surface area (TPSA) is 77.5 Å². The van der Waals surface area contributed by atoms with Crippen LogP contribution in [0.3, 0.4) is 0 Å². The van der Waals surface area contributed by atoms with Crippen LogP contribution >= 0.6 is 35.7 Å². The Morgan fingerprint density at radius 3 is 2.43 bits per heavy atom. The minimum atomic E-state index is -3.21. The first-order valence-electron chi connectivity index (χ1n) is 9.94. The molecule has 2 fully saturated rings. The lowest BCUT2D eigenvalue weighted by atomic mass is 10.2. The van der Waals surface area contributed by atoms with Crippen molar-refractivity contribution in [3.8, 4) is 5.75 Å². The number of nitrogens with zero attached hydrogens (tertiary/aromatic N) is 4. The highest BCUT2D eigenvalue weighted by atomic mass is 127. The number of aliphatic imine (C=N–C) groups is 1. The average molecular weight is 570 g/mol. The molecule has 0 unspecified atom stereocenters. The number of methoxy groups -OCH3 is 1. The van der Waals surface area contributed by atoms with Crippen molar-refractivity contribution in [1.82, 2.24) is 14.5 Å². The summed E-state index contributed by atoms with van der Waals surface area (Å²) in [7, 11) is 0.225. The molecule has 0 radical (unpaired) electrons. The number of ether oxygens (including phenoxy) is 1. The largest absolute Gasteiger partial charge is 0.495 e. The molecule has 170 valence electrons. The van der Waals surface area contributed by atoms with Crippen molar-refractivity contribution in [2.45, 2.75) is 0 Å². The molecular weight excluding hydrogens is 537 g/mol. The van der Waals surface area contributed by atoms with E-state index in [1.165, 1.54) is 0 Å². The van der Waals surface area contributed by atoms with Gasteiger partial charge in [-0.1, -0.05) is 12.1 Å². The molecule has 11 heteroatoms. The number of guanidine groups is 1. The predicted molar refractivity (Wildman–Crippen MR) is 136 cm³/mol. The maximum Gasteiger partial charge on any atom is 0.215 e. The van der Waals surface area contributed by atoms with E-state index < -0.39 is 10.0 Å². The smallest absolute Gasteiger partial charge is 0.215 e. The maximum absolute atomic E-state index is 12.5. The number of benzene rings is 1. The molecule has 1 N–H and O–H groups in total. The minimum Gasteiger partial charge on any atom is -0.495 e.